The fourth-order valence-electron chi connectivity index (χ4n) is 2.86. The Kier molecular flexibility index (Phi) is 6.43. The zero-order chi connectivity index (χ0) is 13.0. The molecular formula is C15H25ClN2O. The Hall–Kier alpha value is -0.960. The number of nitrogens with zero attached hydrogens (tertiary/aromatic N) is 1. The van der Waals surface area contributed by atoms with E-state index in [1.165, 1.54) is 32.1 Å². The third-order valence-corrected chi connectivity index (χ3v) is 4.07. The van der Waals surface area contributed by atoms with Crippen LogP contribution in [0.4, 0.5) is 5.69 Å². The van der Waals surface area contributed by atoms with Crippen molar-refractivity contribution in [2.45, 2.75) is 52.0 Å². The van der Waals surface area contributed by atoms with Crippen molar-refractivity contribution >= 4 is 18.1 Å². The zero-order valence-corrected chi connectivity index (χ0v) is 12.9. The van der Waals surface area contributed by atoms with Crippen molar-refractivity contribution in [2.24, 2.45) is 5.92 Å². The van der Waals surface area contributed by atoms with Crippen LogP contribution in [0.2, 0.25) is 0 Å². The molecule has 0 spiro atoms. The van der Waals surface area contributed by atoms with Gasteiger partial charge in [-0.2, -0.15) is 0 Å². The Bertz CT molecular complexity index is 390. The lowest BCUT2D eigenvalue weighted by Crippen LogP contribution is -2.26. The molecule has 1 aromatic rings. The molecule has 1 aromatic heterocycles. The minimum Gasteiger partial charge on any atom is -0.493 e. The maximum Gasteiger partial charge on any atom is 0.163 e. The van der Waals surface area contributed by atoms with Crippen LogP contribution in [0, 0.1) is 12.8 Å². The molecule has 0 atom stereocenters. The van der Waals surface area contributed by atoms with Crippen molar-refractivity contribution in [2.75, 3.05) is 12.4 Å². The molecule has 108 valence electrons. The Labute approximate surface area is 122 Å². The van der Waals surface area contributed by atoms with Crippen LogP contribution in [0.1, 0.15) is 44.7 Å². The van der Waals surface area contributed by atoms with Gasteiger partial charge in [0.2, 0.25) is 0 Å². The molecule has 3 nitrogen and oxygen atoms in total. The first-order valence-electron chi connectivity index (χ1n) is 7.00. The monoisotopic (exact) mass is 284 g/mol. The smallest absolute Gasteiger partial charge is 0.163 e. The van der Waals surface area contributed by atoms with Crippen LogP contribution in [-0.2, 0) is 0 Å². The van der Waals surface area contributed by atoms with E-state index in [9.17, 15) is 0 Å². The van der Waals surface area contributed by atoms with Gasteiger partial charge in [-0.05, 0) is 44.6 Å². The van der Waals surface area contributed by atoms with Crippen molar-refractivity contribution in [3.8, 4) is 5.75 Å². The highest BCUT2D eigenvalue weighted by Crippen LogP contribution is 2.32. The normalized spacial score (nSPS) is 22.5. The lowest BCUT2D eigenvalue weighted by molar-refractivity contribution is 0.329. The third-order valence-electron chi connectivity index (χ3n) is 4.07. The van der Waals surface area contributed by atoms with Crippen molar-refractivity contribution in [1.29, 1.82) is 0 Å². The quantitative estimate of drug-likeness (QED) is 0.900. The zero-order valence-electron chi connectivity index (χ0n) is 12.1. The molecule has 1 aliphatic carbocycles. The van der Waals surface area contributed by atoms with Crippen LogP contribution < -0.4 is 10.1 Å². The predicted octanol–water partition coefficient (Wildman–Crippen LogP) is 4.20. The number of methoxy groups -OCH3 is 1. The predicted molar refractivity (Wildman–Crippen MR) is 82.4 cm³/mol. The summed E-state index contributed by atoms with van der Waals surface area (Å²) in [6, 6.07) is 2.60. The second kappa shape index (κ2) is 7.59. The molecule has 1 fully saturated rings. The molecule has 0 radical (unpaired) electrons. The number of aromatic nitrogens is 1. The standard InChI is InChI=1S/C15H24N2O.ClH/c1-4-12-5-7-13(8-6-12)17-14-9-10-16-11(2)15(14)18-3;/h9-10,12-13H,4-8H2,1-3H3,(H,16,17);1H/t12-,13+;. The fraction of sp³-hybridized carbons (Fsp3) is 0.667. The molecule has 0 aliphatic heterocycles. The van der Waals surface area contributed by atoms with Gasteiger partial charge in [0, 0.05) is 12.2 Å². The van der Waals surface area contributed by atoms with Gasteiger partial charge in [-0.3, -0.25) is 4.98 Å². The van der Waals surface area contributed by atoms with E-state index in [1.807, 2.05) is 19.2 Å². The van der Waals surface area contributed by atoms with Gasteiger partial charge in [-0.1, -0.05) is 13.3 Å². The van der Waals surface area contributed by atoms with Crippen LogP contribution in [0.25, 0.3) is 0 Å². The van der Waals surface area contributed by atoms with Crippen molar-refractivity contribution < 1.29 is 4.74 Å². The largest absolute Gasteiger partial charge is 0.493 e. The summed E-state index contributed by atoms with van der Waals surface area (Å²) < 4.78 is 5.43. The number of rotatable bonds is 4. The van der Waals surface area contributed by atoms with Crippen molar-refractivity contribution in [3.05, 3.63) is 18.0 Å². The number of aryl methyl sites for hydroxylation is 1. The number of anilines is 1. The van der Waals surface area contributed by atoms with Gasteiger partial charge in [-0.15, -0.1) is 12.4 Å². The van der Waals surface area contributed by atoms with E-state index < -0.39 is 0 Å². The van der Waals surface area contributed by atoms with Gasteiger partial charge in [0.1, 0.15) is 0 Å². The molecule has 19 heavy (non-hydrogen) atoms. The minimum atomic E-state index is 0. The summed E-state index contributed by atoms with van der Waals surface area (Å²) in [5, 5.41) is 3.62. The van der Waals surface area contributed by atoms with Crippen LogP contribution in [-0.4, -0.2) is 18.1 Å². The van der Waals surface area contributed by atoms with E-state index in [-0.39, 0.29) is 12.4 Å². The first-order valence-corrected chi connectivity index (χ1v) is 7.00. The minimum absolute atomic E-state index is 0. The highest BCUT2D eigenvalue weighted by molar-refractivity contribution is 5.85. The second-order valence-electron chi connectivity index (χ2n) is 5.25. The summed E-state index contributed by atoms with van der Waals surface area (Å²) in [6.07, 6.45) is 8.40. The molecule has 2 rings (SSSR count). The van der Waals surface area contributed by atoms with Crippen LogP contribution >= 0.6 is 12.4 Å². The average Bonchev–Trinajstić information content (AvgIpc) is 2.40. The fourth-order valence-corrected chi connectivity index (χ4v) is 2.86. The number of nitrogens with one attached hydrogen (secondary N) is 1. The third kappa shape index (κ3) is 4.00. The lowest BCUT2D eigenvalue weighted by atomic mass is 9.84. The van der Waals surface area contributed by atoms with E-state index in [0.717, 1.165) is 23.0 Å². The van der Waals surface area contributed by atoms with Crippen LogP contribution in [0.5, 0.6) is 5.75 Å². The molecule has 1 heterocycles. The molecular weight excluding hydrogens is 260 g/mol. The molecule has 0 bridgehead atoms. The molecule has 0 aromatic carbocycles. The SMILES string of the molecule is CC[C@H]1CC[C@@H](Nc2ccnc(C)c2OC)CC1.Cl. The Morgan fingerprint density at radius 2 is 2.00 bits per heavy atom. The number of hydrogen-bond donors (Lipinski definition) is 1. The van der Waals surface area contributed by atoms with Crippen molar-refractivity contribution in [1.82, 2.24) is 4.98 Å². The van der Waals surface area contributed by atoms with E-state index in [4.69, 9.17) is 4.74 Å². The van der Waals surface area contributed by atoms with Gasteiger partial charge < -0.3 is 10.1 Å². The molecule has 1 aliphatic rings. The lowest BCUT2D eigenvalue weighted by Gasteiger charge is -2.29. The highest BCUT2D eigenvalue weighted by Gasteiger charge is 2.20. The van der Waals surface area contributed by atoms with Gasteiger partial charge in [-0.25, -0.2) is 0 Å². The summed E-state index contributed by atoms with van der Waals surface area (Å²) in [5.74, 6) is 1.82. The first-order chi connectivity index (χ1) is 8.74. The molecule has 0 amide bonds. The number of ether oxygens (including phenoxy) is 1. The van der Waals surface area contributed by atoms with Gasteiger partial charge in [0.05, 0.1) is 18.5 Å². The summed E-state index contributed by atoms with van der Waals surface area (Å²) in [7, 11) is 1.71. The summed E-state index contributed by atoms with van der Waals surface area (Å²) in [5.41, 5.74) is 2.04. The molecule has 1 saturated carbocycles. The van der Waals surface area contributed by atoms with Gasteiger partial charge in [0.25, 0.3) is 0 Å². The second-order valence-corrected chi connectivity index (χ2v) is 5.25. The van der Waals surface area contributed by atoms with E-state index in [0.29, 0.717) is 6.04 Å². The maximum absolute atomic E-state index is 5.43. The summed E-state index contributed by atoms with van der Waals surface area (Å²) >= 11 is 0. The van der Waals surface area contributed by atoms with Crippen LogP contribution in [0.15, 0.2) is 12.3 Å². The molecule has 1 N–H and O–H groups in total. The van der Waals surface area contributed by atoms with E-state index in [2.05, 4.69) is 17.2 Å². The first kappa shape index (κ1) is 16.1. The highest BCUT2D eigenvalue weighted by atomic mass is 35.5. The number of halogens is 1. The Balaban J connectivity index is 0.00000180. The topological polar surface area (TPSA) is 34.2 Å². The van der Waals surface area contributed by atoms with E-state index in [1.54, 1.807) is 7.11 Å². The molecule has 4 heteroatoms. The Morgan fingerprint density at radius 3 is 2.58 bits per heavy atom. The average molecular weight is 285 g/mol. The van der Waals surface area contributed by atoms with Crippen LogP contribution in [0.3, 0.4) is 0 Å². The molecule has 0 saturated heterocycles. The number of hydrogen-bond acceptors (Lipinski definition) is 3. The van der Waals surface area contributed by atoms with E-state index >= 15 is 0 Å². The van der Waals surface area contributed by atoms with Gasteiger partial charge >= 0.3 is 0 Å². The molecule has 0 unspecified atom stereocenters. The van der Waals surface area contributed by atoms with Gasteiger partial charge in [0.15, 0.2) is 5.75 Å². The van der Waals surface area contributed by atoms with Crippen molar-refractivity contribution in [3.63, 3.8) is 0 Å². The number of pyridine rings is 1. The Morgan fingerprint density at radius 1 is 1.32 bits per heavy atom. The summed E-state index contributed by atoms with van der Waals surface area (Å²) in [6.45, 7) is 4.28. The summed E-state index contributed by atoms with van der Waals surface area (Å²) in [4.78, 5) is 4.26. The maximum atomic E-state index is 5.43.